The van der Waals surface area contributed by atoms with E-state index in [4.69, 9.17) is 5.26 Å². The monoisotopic (exact) mass is 240 g/mol. The third kappa shape index (κ3) is 1.66. The van der Waals surface area contributed by atoms with Gasteiger partial charge in [0.05, 0.1) is 23.7 Å². The number of hydrogen-bond donors (Lipinski definition) is 0. The molecule has 18 heavy (non-hydrogen) atoms. The molecule has 1 saturated heterocycles. The van der Waals surface area contributed by atoms with E-state index < -0.39 is 0 Å². The fraction of sp³-hybridized carbons (Fsp3) is 0.385. The fourth-order valence-corrected chi connectivity index (χ4v) is 2.65. The molecule has 1 aliphatic carbocycles. The van der Waals surface area contributed by atoms with Crippen LogP contribution in [0, 0.1) is 16.7 Å². The van der Waals surface area contributed by atoms with Gasteiger partial charge >= 0.3 is 0 Å². The lowest BCUT2D eigenvalue weighted by Crippen LogP contribution is -2.56. The Labute approximate surface area is 105 Å². The van der Waals surface area contributed by atoms with E-state index >= 15 is 0 Å². The van der Waals surface area contributed by atoms with E-state index in [1.807, 2.05) is 12.1 Å². The highest BCUT2D eigenvalue weighted by atomic mass is 16.1. The summed E-state index contributed by atoms with van der Waals surface area (Å²) in [6.07, 6.45) is 8.25. The highest BCUT2D eigenvalue weighted by Crippen LogP contribution is 2.42. The summed E-state index contributed by atoms with van der Waals surface area (Å²) in [6.45, 7) is 1.66. The van der Waals surface area contributed by atoms with Crippen LogP contribution in [-0.2, 0) is 4.79 Å². The van der Waals surface area contributed by atoms with Crippen molar-refractivity contribution in [3.05, 3.63) is 30.4 Å². The van der Waals surface area contributed by atoms with Gasteiger partial charge in [0.15, 0.2) is 5.78 Å². The second-order valence-electron chi connectivity index (χ2n) is 4.91. The number of rotatable bonds is 1. The van der Waals surface area contributed by atoms with E-state index in [2.05, 4.69) is 14.9 Å². The lowest BCUT2D eigenvalue weighted by molar-refractivity contribution is -0.116. The number of ketones is 1. The van der Waals surface area contributed by atoms with Crippen molar-refractivity contribution in [2.45, 2.75) is 12.8 Å². The van der Waals surface area contributed by atoms with Gasteiger partial charge in [0, 0.05) is 24.9 Å². The predicted octanol–water partition coefficient (Wildman–Crippen LogP) is 1.10. The minimum Gasteiger partial charge on any atom is -0.367 e. The number of carbonyl (C=O) groups is 1. The van der Waals surface area contributed by atoms with Crippen LogP contribution in [0.5, 0.6) is 0 Å². The molecule has 2 heterocycles. The van der Waals surface area contributed by atoms with E-state index in [1.165, 1.54) is 6.33 Å². The molecule has 3 rings (SSSR count). The number of aromatic nitrogens is 2. The average molecular weight is 240 g/mol. The van der Waals surface area contributed by atoms with Crippen LogP contribution in [0.3, 0.4) is 0 Å². The predicted molar refractivity (Wildman–Crippen MR) is 64.6 cm³/mol. The van der Waals surface area contributed by atoms with E-state index in [0.717, 1.165) is 25.2 Å². The smallest absolute Gasteiger partial charge is 0.173 e. The van der Waals surface area contributed by atoms with Gasteiger partial charge in [-0.3, -0.25) is 4.79 Å². The maximum atomic E-state index is 11.5. The zero-order valence-electron chi connectivity index (χ0n) is 9.83. The Morgan fingerprint density at radius 3 is 2.72 bits per heavy atom. The lowest BCUT2D eigenvalue weighted by Gasteiger charge is -2.51. The first kappa shape index (κ1) is 10.9. The molecular weight excluding hydrogens is 228 g/mol. The average Bonchev–Trinajstić information content (AvgIpc) is 2.38. The maximum Gasteiger partial charge on any atom is 0.173 e. The fourth-order valence-electron chi connectivity index (χ4n) is 2.65. The summed E-state index contributed by atoms with van der Waals surface area (Å²) in [5, 5.41) is 8.92. The first-order valence-electron chi connectivity index (χ1n) is 5.89. The van der Waals surface area contributed by atoms with Gasteiger partial charge in [0.2, 0.25) is 0 Å². The Hall–Kier alpha value is -2.22. The number of Topliss-reactive ketones (excluding diaryl/α,β-unsaturated/α-hetero) is 1. The molecule has 0 bridgehead atoms. The molecule has 1 aromatic heterocycles. The van der Waals surface area contributed by atoms with Crippen molar-refractivity contribution in [1.29, 1.82) is 5.26 Å². The highest BCUT2D eigenvalue weighted by molar-refractivity contribution is 6.00. The van der Waals surface area contributed by atoms with Crippen molar-refractivity contribution in [1.82, 2.24) is 9.97 Å². The molecule has 0 aromatic carbocycles. The molecule has 90 valence electrons. The van der Waals surface area contributed by atoms with E-state index in [9.17, 15) is 4.79 Å². The quantitative estimate of drug-likeness (QED) is 0.735. The SMILES string of the molecule is N#CC1=CC2(CCC1=O)CN(c1cncnc1)C2. The number of allylic oxidation sites excluding steroid dienone is 1. The summed E-state index contributed by atoms with van der Waals surface area (Å²) in [5.41, 5.74) is 1.31. The molecular formula is C13H12N4O. The van der Waals surface area contributed by atoms with Gasteiger partial charge in [-0.25, -0.2) is 9.97 Å². The summed E-state index contributed by atoms with van der Waals surface area (Å²) < 4.78 is 0. The third-order valence-corrected chi connectivity index (χ3v) is 3.64. The third-order valence-electron chi connectivity index (χ3n) is 3.64. The van der Waals surface area contributed by atoms with E-state index in [-0.39, 0.29) is 11.2 Å². The Balaban J connectivity index is 1.77. The van der Waals surface area contributed by atoms with Crippen LogP contribution in [0.1, 0.15) is 12.8 Å². The Morgan fingerprint density at radius 2 is 2.06 bits per heavy atom. The molecule has 1 aromatic rings. The van der Waals surface area contributed by atoms with Crippen LogP contribution in [0.2, 0.25) is 0 Å². The van der Waals surface area contributed by atoms with Crippen molar-refractivity contribution in [3.63, 3.8) is 0 Å². The van der Waals surface area contributed by atoms with Crippen LogP contribution >= 0.6 is 0 Å². The number of carbonyl (C=O) groups excluding carboxylic acids is 1. The van der Waals surface area contributed by atoms with E-state index in [1.54, 1.807) is 12.4 Å². The largest absolute Gasteiger partial charge is 0.367 e. The molecule has 2 aliphatic rings. The van der Waals surface area contributed by atoms with Gasteiger partial charge in [-0.15, -0.1) is 0 Å². The minimum absolute atomic E-state index is 0.00514. The molecule has 1 aliphatic heterocycles. The van der Waals surface area contributed by atoms with Crippen LogP contribution < -0.4 is 4.90 Å². The Morgan fingerprint density at radius 1 is 1.33 bits per heavy atom. The number of nitriles is 1. The summed E-state index contributed by atoms with van der Waals surface area (Å²) in [6, 6.07) is 2.00. The standard InChI is InChI=1S/C13H12N4O/c14-4-10-3-13(2-1-12(10)18)7-17(8-13)11-5-15-9-16-6-11/h3,5-6,9H,1-2,7-8H2. The first-order valence-corrected chi connectivity index (χ1v) is 5.89. The molecule has 5 heteroatoms. The van der Waals surface area contributed by atoms with Gasteiger partial charge in [0.25, 0.3) is 0 Å². The van der Waals surface area contributed by atoms with Crippen LogP contribution in [-0.4, -0.2) is 28.8 Å². The van der Waals surface area contributed by atoms with Gasteiger partial charge < -0.3 is 4.90 Å². The van der Waals surface area contributed by atoms with Gasteiger partial charge in [0.1, 0.15) is 12.4 Å². The maximum absolute atomic E-state index is 11.5. The second kappa shape index (κ2) is 3.91. The summed E-state index contributed by atoms with van der Waals surface area (Å²) >= 11 is 0. The van der Waals surface area contributed by atoms with Gasteiger partial charge in [-0.1, -0.05) is 6.08 Å². The minimum atomic E-state index is -0.0235. The van der Waals surface area contributed by atoms with Crippen molar-refractivity contribution in [2.24, 2.45) is 5.41 Å². The zero-order valence-corrected chi connectivity index (χ0v) is 9.83. The summed E-state index contributed by atoms with van der Waals surface area (Å²) in [5.74, 6) is -0.0235. The van der Waals surface area contributed by atoms with Crippen molar-refractivity contribution in [2.75, 3.05) is 18.0 Å². The van der Waals surface area contributed by atoms with Crippen molar-refractivity contribution >= 4 is 11.5 Å². The van der Waals surface area contributed by atoms with Crippen molar-refractivity contribution in [3.8, 4) is 6.07 Å². The summed E-state index contributed by atoms with van der Waals surface area (Å²) in [7, 11) is 0. The first-order chi connectivity index (χ1) is 8.72. The number of nitrogens with zero attached hydrogens (tertiary/aromatic N) is 4. The van der Waals surface area contributed by atoms with Crippen LogP contribution in [0.15, 0.2) is 30.4 Å². The highest BCUT2D eigenvalue weighted by Gasteiger charge is 2.44. The normalized spacial score (nSPS) is 21.2. The van der Waals surface area contributed by atoms with Gasteiger partial charge in [-0.2, -0.15) is 5.26 Å². The molecule has 0 atom stereocenters. The molecule has 0 radical (unpaired) electrons. The molecule has 1 fully saturated rings. The lowest BCUT2D eigenvalue weighted by atomic mass is 9.70. The van der Waals surface area contributed by atoms with Crippen molar-refractivity contribution < 1.29 is 4.79 Å². The van der Waals surface area contributed by atoms with Crippen LogP contribution in [0.25, 0.3) is 0 Å². The molecule has 1 spiro atoms. The van der Waals surface area contributed by atoms with E-state index in [0.29, 0.717) is 12.0 Å². The zero-order chi connectivity index (χ0) is 12.6. The Bertz CT molecular complexity index is 552. The molecule has 0 amide bonds. The van der Waals surface area contributed by atoms with Gasteiger partial charge in [-0.05, 0) is 6.42 Å². The molecule has 5 nitrogen and oxygen atoms in total. The molecule has 0 unspecified atom stereocenters. The molecule has 0 saturated carbocycles. The molecule has 0 N–H and O–H groups in total. The Kier molecular flexibility index (Phi) is 2.37. The summed E-state index contributed by atoms with van der Waals surface area (Å²) in [4.78, 5) is 21.6. The number of anilines is 1. The number of hydrogen-bond acceptors (Lipinski definition) is 5. The second-order valence-corrected chi connectivity index (χ2v) is 4.91. The van der Waals surface area contributed by atoms with Crippen LogP contribution in [0.4, 0.5) is 5.69 Å². The topological polar surface area (TPSA) is 69.9 Å².